The van der Waals surface area contributed by atoms with Gasteiger partial charge in [-0.1, -0.05) is 373 Å². The van der Waals surface area contributed by atoms with Gasteiger partial charge in [-0.2, -0.15) is 0 Å². The molecule has 0 saturated carbocycles. The molecule has 6 heteroatoms. The van der Waals surface area contributed by atoms with Crippen molar-refractivity contribution in [3.8, 4) is 0 Å². The number of hydrogen-bond donors (Lipinski definition) is 3. The molecule has 0 bridgehead atoms. The SMILES string of the molecule is CCCCCCCCCCCCCCCCCCCCCCCCC(O)C(CO)NC(=O)CCCCCCCCC/C=C\CCCCCCCCCCCCCOC(=O)CCCCCCCCCCCCCCCCCCCCC. The van der Waals surface area contributed by atoms with Gasteiger partial charge in [0.2, 0.25) is 5.91 Å². The van der Waals surface area contributed by atoms with Crippen molar-refractivity contribution in [1.82, 2.24) is 5.32 Å². The van der Waals surface area contributed by atoms with Gasteiger partial charge in [0.05, 0.1) is 25.4 Å². The minimum Gasteiger partial charge on any atom is -0.466 e. The third-order valence-electron chi connectivity index (χ3n) is 17.6. The summed E-state index contributed by atoms with van der Waals surface area (Å²) in [5.41, 5.74) is 0. The van der Waals surface area contributed by atoms with Crippen LogP contribution in [0.4, 0.5) is 0 Å². The van der Waals surface area contributed by atoms with Crippen LogP contribution in [-0.4, -0.2) is 47.4 Å². The van der Waals surface area contributed by atoms with Crippen molar-refractivity contribution in [3.63, 3.8) is 0 Å². The van der Waals surface area contributed by atoms with Gasteiger partial charge in [-0.15, -0.1) is 0 Å². The first-order chi connectivity index (χ1) is 39.5. The van der Waals surface area contributed by atoms with Crippen LogP contribution >= 0.6 is 0 Å². The number of aliphatic hydroxyl groups excluding tert-OH is 2. The van der Waals surface area contributed by atoms with Crippen LogP contribution in [0.3, 0.4) is 0 Å². The number of rotatable bonds is 70. The smallest absolute Gasteiger partial charge is 0.305 e. The number of nitrogens with one attached hydrogen (secondary N) is 1. The molecule has 3 N–H and O–H groups in total. The fraction of sp³-hybridized carbons (Fsp3) is 0.946. The fourth-order valence-corrected chi connectivity index (χ4v) is 11.9. The lowest BCUT2D eigenvalue weighted by Gasteiger charge is -2.22. The number of ether oxygens (including phenoxy) is 1. The van der Waals surface area contributed by atoms with Gasteiger partial charge in [0.1, 0.15) is 0 Å². The predicted octanol–water partition coefficient (Wildman–Crippen LogP) is 23.9. The van der Waals surface area contributed by atoms with Crippen LogP contribution in [0, 0.1) is 0 Å². The van der Waals surface area contributed by atoms with Gasteiger partial charge in [-0.25, -0.2) is 0 Å². The van der Waals surface area contributed by atoms with Crippen LogP contribution in [0.2, 0.25) is 0 Å². The normalized spacial score (nSPS) is 12.5. The number of hydrogen-bond acceptors (Lipinski definition) is 5. The summed E-state index contributed by atoms with van der Waals surface area (Å²) in [6, 6.07) is -0.547. The van der Waals surface area contributed by atoms with Crippen LogP contribution in [0.1, 0.15) is 425 Å². The van der Waals surface area contributed by atoms with Crippen LogP contribution < -0.4 is 5.32 Å². The van der Waals surface area contributed by atoms with Gasteiger partial charge in [0.15, 0.2) is 0 Å². The molecule has 0 saturated heterocycles. The van der Waals surface area contributed by atoms with E-state index in [0.717, 1.165) is 38.5 Å². The number of carbonyl (C=O) groups is 2. The van der Waals surface area contributed by atoms with E-state index in [1.54, 1.807) is 0 Å². The van der Waals surface area contributed by atoms with Gasteiger partial charge in [-0.3, -0.25) is 9.59 Å². The zero-order valence-corrected chi connectivity index (χ0v) is 54.6. The number of aliphatic hydroxyl groups is 2. The maximum absolute atomic E-state index is 12.6. The molecule has 0 aliphatic rings. The average molecular weight is 1130 g/mol. The van der Waals surface area contributed by atoms with Crippen LogP contribution in [0.5, 0.6) is 0 Å². The second-order valence-electron chi connectivity index (χ2n) is 25.6. The predicted molar refractivity (Wildman–Crippen MR) is 352 cm³/mol. The monoisotopic (exact) mass is 1130 g/mol. The molecule has 80 heavy (non-hydrogen) atoms. The Morgan fingerprint density at radius 2 is 0.588 bits per heavy atom. The summed E-state index contributed by atoms with van der Waals surface area (Å²) in [6.07, 6.45) is 86.9. The summed E-state index contributed by atoms with van der Waals surface area (Å²) < 4.78 is 5.51. The Morgan fingerprint density at radius 1 is 0.338 bits per heavy atom. The van der Waals surface area contributed by atoms with Crippen LogP contribution in [-0.2, 0) is 14.3 Å². The summed E-state index contributed by atoms with van der Waals surface area (Å²) in [6.45, 7) is 5.00. The standard InChI is InChI=1S/C74H145NO5/c1-3-5-7-9-11-13-15-17-19-21-23-24-27-31-34-38-42-46-50-54-58-62-66-72(77)71(70-76)75-73(78)67-63-59-55-51-47-43-39-35-32-28-25-26-29-33-37-41-45-49-53-57-61-65-69-80-74(79)68-64-60-56-52-48-44-40-36-30-22-20-18-16-14-12-10-8-6-4-2/h28,32,71-72,76-77H,3-27,29-31,33-70H2,1-2H3,(H,75,78)/b32-28-. The lowest BCUT2D eigenvalue weighted by Crippen LogP contribution is -2.45. The average Bonchev–Trinajstić information content (AvgIpc) is 3.46. The maximum Gasteiger partial charge on any atom is 0.305 e. The molecule has 0 heterocycles. The van der Waals surface area contributed by atoms with E-state index in [0.29, 0.717) is 25.9 Å². The summed E-state index contributed by atoms with van der Waals surface area (Å²) >= 11 is 0. The van der Waals surface area contributed by atoms with E-state index in [1.165, 1.54) is 353 Å². The zero-order chi connectivity index (χ0) is 57.8. The molecule has 0 spiro atoms. The van der Waals surface area contributed by atoms with E-state index in [1.807, 2.05) is 0 Å². The topological polar surface area (TPSA) is 95.9 Å². The molecule has 0 aromatic heterocycles. The maximum atomic E-state index is 12.6. The van der Waals surface area contributed by atoms with Crippen molar-refractivity contribution < 1.29 is 24.5 Å². The molecule has 0 aromatic rings. The molecular formula is C74H145NO5. The van der Waals surface area contributed by atoms with Crippen molar-refractivity contribution in [2.45, 2.75) is 437 Å². The molecule has 2 atom stereocenters. The molecule has 6 nitrogen and oxygen atoms in total. The number of carbonyl (C=O) groups excluding carboxylic acids is 2. The third kappa shape index (κ3) is 65.7. The second kappa shape index (κ2) is 70.1. The Morgan fingerprint density at radius 3 is 0.887 bits per heavy atom. The van der Waals surface area contributed by atoms with Crippen molar-refractivity contribution in [2.75, 3.05) is 13.2 Å². The highest BCUT2D eigenvalue weighted by Gasteiger charge is 2.20. The van der Waals surface area contributed by atoms with Gasteiger partial charge in [0, 0.05) is 12.8 Å². The minimum absolute atomic E-state index is 0.0162. The number of allylic oxidation sites excluding steroid dienone is 2. The molecule has 0 aromatic carbocycles. The van der Waals surface area contributed by atoms with Crippen molar-refractivity contribution in [1.29, 1.82) is 0 Å². The molecule has 0 aliphatic carbocycles. The molecular weight excluding hydrogens is 983 g/mol. The Kier molecular flexibility index (Phi) is 68.9. The quantitative estimate of drug-likeness (QED) is 0.0320. The fourth-order valence-electron chi connectivity index (χ4n) is 11.9. The lowest BCUT2D eigenvalue weighted by molar-refractivity contribution is -0.143. The van der Waals surface area contributed by atoms with E-state index < -0.39 is 12.1 Å². The van der Waals surface area contributed by atoms with Crippen LogP contribution in [0.15, 0.2) is 12.2 Å². The van der Waals surface area contributed by atoms with Gasteiger partial charge < -0.3 is 20.3 Å². The Balaban J connectivity index is 3.39. The van der Waals surface area contributed by atoms with Crippen molar-refractivity contribution >= 4 is 11.9 Å². The van der Waals surface area contributed by atoms with E-state index in [4.69, 9.17) is 4.74 Å². The van der Waals surface area contributed by atoms with E-state index in [-0.39, 0.29) is 18.5 Å². The largest absolute Gasteiger partial charge is 0.466 e. The molecule has 0 fully saturated rings. The van der Waals surface area contributed by atoms with E-state index in [2.05, 4.69) is 31.3 Å². The number of amides is 1. The van der Waals surface area contributed by atoms with Gasteiger partial charge in [0.25, 0.3) is 0 Å². The summed E-state index contributed by atoms with van der Waals surface area (Å²) in [7, 11) is 0. The van der Waals surface area contributed by atoms with Crippen molar-refractivity contribution in [3.05, 3.63) is 12.2 Å². The second-order valence-corrected chi connectivity index (χ2v) is 25.6. The lowest BCUT2D eigenvalue weighted by atomic mass is 10.0. The highest BCUT2D eigenvalue weighted by molar-refractivity contribution is 5.76. The van der Waals surface area contributed by atoms with Crippen molar-refractivity contribution in [2.24, 2.45) is 0 Å². The molecule has 1 amide bonds. The Labute approximate surface area is 501 Å². The first-order valence-electron chi connectivity index (χ1n) is 36.9. The van der Waals surface area contributed by atoms with E-state index >= 15 is 0 Å². The van der Waals surface area contributed by atoms with Crippen LogP contribution in [0.25, 0.3) is 0 Å². The highest BCUT2D eigenvalue weighted by atomic mass is 16.5. The minimum atomic E-state index is -0.669. The Bertz CT molecular complexity index is 1210. The highest BCUT2D eigenvalue weighted by Crippen LogP contribution is 2.20. The molecule has 0 aliphatic heterocycles. The molecule has 0 rings (SSSR count). The number of esters is 1. The summed E-state index contributed by atoms with van der Waals surface area (Å²) in [4.78, 5) is 24.7. The third-order valence-corrected chi connectivity index (χ3v) is 17.6. The first-order valence-corrected chi connectivity index (χ1v) is 36.9. The van der Waals surface area contributed by atoms with Gasteiger partial charge >= 0.3 is 5.97 Å². The summed E-state index contributed by atoms with van der Waals surface area (Å²) in [5.74, 6) is -0.0205. The zero-order valence-electron chi connectivity index (χ0n) is 54.6. The van der Waals surface area contributed by atoms with Gasteiger partial charge in [-0.05, 0) is 51.4 Å². The van der Waals surface area contributed by atoms with E-state index in [9.17, 15) is 19.8 Å². The Hall–Kier alpha value is -1.40. The number of unbranched alkanes of at least 4 members (excludes halogenated alkanes) is 57. The molecule has 2 unspecified atom stereocenters. The molecule has 0 radical (unpaired) electrons. The first kappa shape index (κ1) is 78.6. The molecule has 476 valence electrons. The summed E-state index contributed by atoms with van der Waals surface area (Å²) in [5, 5.41) is 23.4.